The van der Waals surface area contributed by atoms with Crippen LogP contribution in [0, 0.1) is 0 Å². The van der Waals surface area contributed by atoms with Crippen LogP contribution in [0.2, 0.25) is 0 Å². The molecule has 188 valence electrons. The molecule has 9 nitrogen and oxygen atoms in total. The van der Waals surface area contributed by atoms with Crippen LogP contribution in [0.4, 0.5) is 16.2 Å². The van der Waals surface area contributed by atoms with Crippen molar-refractivity contribution in [3.8, 4) is 11.1 Å². The number of benzene rings is 1. The Hall–Kier alpha value is -2.88. The summed E-state index contributed by atoms with van der Waals surface area (Å²) in [7, 11) is -3.05. The Morgan fingerprint density at radius 3 is 2.54 bits per heavy atom. The fourth-order valence-electron chi connectivity index (χ4n) is 5.56. The molecule has 0 radical (unpaired) electrons. The van der Waals surface area contributed by atoms with Gasteiger partial charge in [-0.25, -0.2) is 13.2 Å². The molecule has 1 aromatic heterocycles. The Bertz CT molecular complexity index is 1230. The third-order valence-electron chi connectivity index (χ3n) is 7.29. The molecule has 2 fully saturated rings. The van der Waals surface area contributed by atoms with Crippen LogP contribution < -0.4 is 9.80 Å². The maximum absolute atomic E-state index is 13.2. The molecule has 1 saturated heterocycles. The summed E-state index contributed by atoms with van der Waals surface area (Å²) >= 11 is 0. The summed E-state index contributed by atoms with van der Waals surface area (Å²) in [5.74, 6) is 0.256. The third-order valence-corrected chi connectivity index (χ3v) is 9.09. The molecule has 2 amide bonds. The molecule has 2 aliphatic heterocycles. The van der Waals surface area contributed by atoms with Crippen molar-refractivity contribution >= 4 is 33.2 Å². The molecule has 0 bridgehead atoms. The molecule has 5 rings (SSSR count). The van der Waals surface area contributed by atoms with E-state index in [0.717, 1.165) is 43.2 Å². The monoisotopic (exact) mass is 500 g/mol. The lowest BCUT2D eigenvalue weighted by Crippen LogP contribution is -2.51. The van der Waals surface area contributed by atoms with Crippen molar-refractivity contribution in [3.05, 3.63) is 30.6 Å². The van der Waals surface area contributed by atoms with Crippen molar-refractivity contribution in [1.82, 2.24) is 9.78 Å². The highest BCUT2D eigenvalue weighted by atomic mass is 32.2. The number of ether oxygens (including phenoxy) is 1. The van der Waals surface area contributed by atoms with E-state index in [1.54, 1.807) is 20.7 Å². The number of anilines is 2. The van der Waals surface area contributed by atoms with Gasteiger partial charge >= 0.3 is 6.09 Å². The SMILES string of the molecule is CC(=O)N1c2ccc(-c3cnn(C4CCCS(=O)(=O)C4)c3)cc2N(C(=O)OC2CCCC2)C[C@@H]1C. The van der Waals surface area contributed by atoms with Gasteiger partial charge < -0.3 is 9.64 Å². The number of nitrogens with zero attached hydrogens (tertiary/aromatic N) is 4. The lowest BCUT2D eigenvalue weighted by atomic mass is 10.0. The zero-order chi connectivity index (χ0) is 24.7. The molecule has 0 spiro atoms. The third kappa shape index (κ3) is 4.80. The van der Waals surface area contributed by atoms with Gasteiger partial charge in [0.2, 0.25) is 5.91 Å². The number of carbonyl (C=O) groups is 2. The van der Waals surface area contributed by atoms with Crippen LogP contribution >= 0.6 is 0 Å². The molecule has 1 saturated carbocycles. The van der Waals surface area contributed by atoms with Crippen molar-refractivity contribution in [2.24, 2.45) is 0 Å². The molecule has 2 aromatic rings. The number of carbonyl (C=O) groups excluding carboxylic acids is 2. The molecule has 2 atom stereocenters. The van der Waals surface area contributed by atoms with Crippen LogP contribution in [-0.2, 0) is 19.4 Å². The smallest absolute Gasteiger partial charge is 0.414 e. The normalized spacial score (nSPS) is 24.3. The number of sulfone groups is 1. The van der Waals surface area contributed by atoms with E-state index >= 15 is 0 Å². The predicted octanol–water partition coefficient (Wildman–Crippen LogP) is 3.94. The second kappa shape index (κ2) is 9.29. The fraction of sp³-hybridized carbons (Fsp3) is 0.560. The minimum Gasteiger partial charge on any atom is -0.446 e. The van der Waals surface area contributed by atoms with Crippen LogP contribution in [0.3, 0.4) is 0 Å². The van der Waals surface area contributed by atoms with Gasteiger partial charge in [-0.05, 0) is 63.1 Å². The highest BCUT2D eigenvalue weighted by molar-refractivity contribution is 7.91. The number of fused-ring (bicyclic) bond motifs is 1. The summed E-state index contributed by atoms with van der Waals surface area (Å²) in [6.45, 7) is 3.81. The fourth-order valence-corrected chi connectivity index (χ4v) is 7.24. The predicted molar refractivity (Wildman–Crippen MR) is 133 cm³/mol. The highest BCUT2D eigenvalue weighted by Gasteiger charge is 2.36. The number of aromatic nitrogens is 2. The number of rotatable bonds is 3. The Morgan fingerprint density at radius 1 is 1.06 bits per heavy atom. The maximum Gasteiger partial charge on any atom is 0.414 e. The minimum absolute atomic E-state index is 0.0553. The van der Waals surface area contributed by atoms with Crippen molar-refractivity contribution in [2.75, 3.05) is 27.9 Å². The van der Waals surface area contributed by atoms with Gasteiger partial charge in [0.05, 0.1) is 41.2 Å². The first-order valence-corrected chi connectivity index (χ1v) is 14.2. The molecule has 1 aromatic carbocycles. The maximum atomic E-state index is 13.2. The van der Waals surface area contributed by atoms with Gasteiger partial charge in [-0.15, -0.1) is 0 Å². The van der Waals surface area contributed by atoms with E-state index in [-0.39, 0.29) is 41.7 Å². The van der Waals surface area contributed by atoms with Gasteiger partial charge in [-0.2, -0.15) is 5.10 Å². The lowest BCUT2D eigenvalue weighted by Gasteiger charge is -2.40. The molecule has 0 N–H and O–H groups in total. The van der Waals surface area contributed by atoms with Gasteiger partial charge in [0.25, 0.3) is 0 Å². The first-order valence-electron chi connectivity index (χ1n) is 12.4. The van der Waals surface area contributed by atoms with E-state index in [1.807, 2.05) is 31.3 Å². The summed E-state index contributed by atoms with van der Waals surface area (Å²) in [4.78, 5) is 29.0. The van der Waals surface area contributed by atoms with Gasteiger partial charge in [-0.3, -0.25) is 14.4 Å². The minimum atomic E-state index is -3.05. The summed E-state index contributed by atoms with van der Waals surface area (Å²) in [5, 5.41) is 4.45. The summed E-state index contributed by atoms with van der Waals surface area (Å²) in [6, 6.07) is 5.31. The Morgan fingerprint density at radius 2 is 1.83 bits per heavy atom. The van der Waals surface area contributed by atoms with Crippen LogP contribution in [0.25, 0.3) is 11.1 Å². The average Bonchev–Trinajstić information content (AvgIpc) is 3.49. The van der Waals surface area contributed by atoms with E-state index in [9.17, 15) is 18.0 Å². The van der Waals surface area contributed by atoms with Crippen molar-refractivity contribution in [2.45, 2.75) is 70.6 Å². The average molecular weight is 501 g/mol. The highest BCUT2D eigenvalue weighted by Crippen LogP contribution is 2.40. The molecule has 1 unspecified atom stereocenters. The largest absolute Gasteiger partial charge is 0.446 e. The molecule has 10 heteroatoms. The van der Waals surface area contributed by atoms with E-state index in [0.29, 0.717) is 24.3 Å². The van der Waals surface area contributed by atoms with Crippen molar-refractivity contribution in [3.63, 3.8) is 0 Å². The molecule has 3 heterocycles. The first kappa shape index (κ1) is 23.8. The number of amides is 2. The first-order chi connectivity index (χ1) is 16.7. The molecule has 3 aliphatic rings. The second-order valence-corrected chi connectivity index (χ2v) is 12.2. The Labute approximate surface area is 205 Å². The topological polar surface area (TPSA) is 102 Å². The molecular formula is C25H32N4O5S. The summed E-state index contributed by atoms with van der Waals surface area (Å²) < 4.78 is 31.7. The Kier molecular flexibility index (Phi) is 6.33. The zero-order valence-corrected chi connectivity index (χ0v) is 21.0. The zero-order valence-electron chi connectivity index (χ0n) is 20.2. The quantitative estimate of drug-likeness (QED) is 0.633. The van der Waals surface area contributed by atoms with E-state index in [1.165, 1.54) is 6.92 Å². The standard InChI is InChI=1S/C25H32N4O5S/c1-17-14-27(25(31)34-22-7-3-4-8-22)24-12-19(9-10-23(24)29(17)18(2)30)20-13-26-28(15-20)21-6-5-11-35(32,33)16-21/h9-10,12-13,15,17,21-22H,3-8,11,14,16H2,1-2H3/t17-,21?/m0/s1. The molecule has 35 heavy (non-hydrogen) atoms. The van der Waals surface area contributed by atoms with Crippen LogP contribution in [-0.4, -0.2) is 60.4 Å². The second-order valence-electron chi connectivity index (χ2n) is 9.96. The summed E-state index contributed by atoms with van der Waals surface area (Å²) in [6.07, 6.45) is 8.47. The van der Waals surface area contributed by atoms with Gasteiger partial charge in [-0.1, -0.05) is 6.07 Å². The number of hydrogen-bond acceptors (Lipinski definition) is 6. The number of hydrogen-bond donors (Lipinski definition) is 0. The molecule has 1 aliphatic carbocycles. The van der Waals surface area contributed by atoms with E-state index < -0.39 is 9.84 Å². The van der Waals surface area contributed by atoms with Crippen LogP contribution in [0.5, 0.6) is 0 Å². The van der Waals surface area contributed by atoms with Gasteiger partial charge in [0, 0.05) is 25.2 Å². The van der Waals surface area contributed by atoms with Crippen molar-refractivity contribution < 1.29 is 22.7 Å². The van der Waals surface area contributed by atoms with Gasteiger partial charge in [0.15, 0.2) is 9.84 Å². The van der Waals surface area contributed by atoms with E-state index in [2.05, 4.69) is 5.10 Å². The van der Waals surface area contributed by atoms with Crippen LogP contribution in [0.1, 0.15) is 58.4 Å². The molecular weight excluding hydrogens is 468 g/mol. The van der Waals surface area contributed by atoms with E-state index in [4.69, 9.17) is 4.74 Å². The van der Waals surface area contributed by atoms with Crippen LogP contribution in [0.15, 0.2) is 30.6 Å². The summed E-state index contributed by atoms with van der Waals surface area (Å²) in [5.41, 5.74) is 2.97. The van der Waals surface area contributed by atoms with Crippen molar-refractivity contribution in [1.29, 1.82) is 0 Å². The van der Waals surface area contributed by atoms with Gasteiger partial charge in [0.1, 0.15) is 6.10 Å². The Balaban J connectivity index is 1.47. The lowest BCUT2D eigenvalue weighted by molar-refractivity contribution is -0.117.